The lowest BCUT2D eigenvalue weighted by Crippen LogP contribution is -2.12. The number of fused-ring (bicyclic) bond motifs is 1. The van der Waals surface area contributed by atoms with Gasteiger partial charge in [0.15, 0.2) is 0 Å². The van der Waals surface area contributed by atoms with Crippen molar-refractivity contribution in [2.75, 3.05) is 6.54 Å². The monoisotopic (exact) mass is 255 g/mol. The molecule has 0 unspecified atom stereocenters. The van der Waals surface area contributed by atoms with E-state index in [0.29, 0.717) is 24.8 Å². The number of hydrogen-bond donors (Lipinski definition) is 1. The van der Waals surface area contributed by atoms with Crippen LogP contribution in [0.5, 0.6) is 0 Å². The summed E-state index contributed by atoms with van der Waals surface area (Å²) in [4.78, 5) is 4.34. The molecule has 0 bridgehead atoms. The standard InChI is InChI=1S/C14H13N3O2/c1-2-7-15-8-13-16-14(17-19-13)11-9-18-12-6-4-3-5-10(11)12/h2-6,9,15H,1,7-8H2. The molecule has 0 amide bonds. The summed E-state index contributed by atoms with van der Waals surface area (Å²) in [6.45, 7) is 4.85. The van der Waals surface area contributed by atoms with Crippen LogP contribution in [0.1, 0.15) is 5.89 Å². The number of rotatable bonds is 5. The van der Waals surface area contributed by atoms with Gasteiger partial charge in [0.1, 0.15) is 11.8 Å². The maximum absolute atomic E-state index is 5.46. The van der Waals surface area contributed by atoms with Crippen molar-refractivity contribution in [1.29, 1.82) is 0 Å². The van der Waals surface area contributed by atoms with E-state index in [2.05, 4.69) is 22.0 Å². The first-order valence-electron chi connectivity index (χ1n) is 5.99. The van der Waals surface area contributed by atoms with E-state index in [1.807, 2.05) is 24.3 Å². The fourth-order valence-corrected chi connectivity index (χ4v) is 1.87. The molecule has 19 heavy (non-hydrogen) atoms. The summed E-state index contributed by atoms with van der Waals surface area (Å²) in [6, 6.07) is 7.76. The molecule has 0 fully saturated rings. The van der Waals surface area contributed by atoms with Crippen molar-refractivity contribution in [2.45, 2.75) is 6.54 Å². The molecule has 0 aliphatic rings. The van der Waals surface area contributed by atoms with Crippen LogP contribution in [0.25, 0.3) is 22.4 Å². The van der Waals surface area contributed by atoms with Gasteiger partial charge < -0.3 is 14.3 Å². The molecule has 0 atom stereocenters. The van der Waals surface area contributed by atoms with E-state index in [1.165, 1.54) is 0 Å². The number of aromatic nitrogens is 2. The van der Waals surface area contributed by atoms with Crippen molar-refractivity contribution in [2.24, 2.45) is 0 Å². The Balaban J connectivity index is 1.88. The Hall–Kier alpha value is -2.40. The summed E-state index contributed by atoms with van der Waals surface area (Å²) in [6.07, 6.45) is 3.43. The average molecular weight is 255 g/mol. The lowest BCUT2D eigenvalue weighted by Gasteiger charge is -1.93. The largest absolute Gasteiger partial charge is 0.464 e. The Morgan fingerprint density at radius 2 is 2.21 bits per heavy atom. The summed E-state index contributed by atoms with van der Waals surface area (Å²) in [7, 11) is 0. The zero-order chi connectivity index (χ0) is 13.1. The third-order valence-electron chi connectivity index (χ3n) is 2.75. The lowest BCUT2D eigenvalue weighted by molar-refractivity contribution is 0.370. The van der Waals surface area contributed by atoms with Gasteiger partial charge >= 0.3 is 0 Å². The molecule has 0 saturated heterocycles. The highest BCUT2D eigenvalue weighted by Crippen LogP contribution is 2.28. The second kappa shape index (κ2) is 5.07. The van der Waals surface area contributed by atoms with E-state index in [9.17, 15) is 0 Å². The summed E-state index contributed by atoms with van der Waals surface area (Å²) < 4.78 is 10.6. The Bertz CT molecular complexity index is 699. The van der Waals surface area contributed by atoms with Gasteiger partial charge in [-0.1, -0.05) is 29.4 Å². The van der Waals surface area contributed by atoms with Gasteiger partial charge in [0.05, 0.1) is 12.1 Å². The molecule has 0 saturated carbocycles. The number of nitrogens with zero attached hydrogens (tertiary/aromatic N) is 2. The van der Waals surface area contributed by atoms with Crippen LogP contribution in [0.3, 0.4) is 0 Å². The molecule has 5 nitrogen and oxygen atoms in total. The molecule has 3 rings (SSSR count). The Labute approximate surface area is 109 Å². The quantitative estimate of drug-likeness (QED) is 0.561. The molecular weight excluding hydrogens is 242 g/mol. The highest BCUT2D eigenvalue weighted by molar-refractivity contribution is 5.91. The number of furan rings is 1. The van der Waals surface area contributed by atoms with Crippen molar-refractivity contribution < 1.29 is 8.94 Å². The van der Waals surface area contributed by atoms with Crippen molar-refractivity contribution in [1.82, 2.24) is 15.5 Å². The summed E-state index contributed by atoms with van der Waals surface area (Å²) in [5.41, 5.74) is 1.66. The third-order valence-corrected chi connectivity index (χ3v) is 2.75. The summed E-state index contributed by atoms with van der Waals surface area (Å²) >= 11 is 0. The van der Waals surface area contributed by atoms with Crippen molar-refractivity contribution >= 4 is 11.0 Å². The molecule has 0 radical (unpaired) electrons. The number of para-hydroxylation sites is 1. The number of hydrogen-bond acceptors (Lipinski definition) is 5. The van der Waals surface area contributed by atoms with Crippen molar-refractivity contribution in [3.8, 4) is 11.4 Å². The maximum atomic E-state index is 5.46. The van der Waals surface area contributed by atoms with Crippen LogP contribution >= 0.6 is 0 Å². The molecule has 2 heterocycles. The highest BCUT2D eigenvalue weighted by atomic mass is 16.5. The van der Waals surface area contributed by atoms with Crippen LogP contribution in [0.2, 0.25) is 0 Å². The van der Waals surface area contributed by atoms with Gasteiger partial charge in [-0.15, -0.1) is 6.58 Å². The SMILES string of the molecule is C=CCNCc1nc(-c2coc3ccccc23)no1. The van der Waals surface area contributed by atoms with E-state index in [1.54, 1.807) is 12.3 Å². The van der Waals surface area contributed by atoms with Gasteiger partial charge in [-0.05, 0) is 6.07 Å². The fourth-order valence-electron chi connectivity index (χ4n) is 1.87. The highest BCUT2D eigenvalue weighted by Gasteiger charge is 2.13. The van der Waals surface area contributed by atoms with Crippen LogP contribution in [0, 0.1) is 0 Å². The molecule has 0 spiro atoms. The minimum atomic E-state index is 0.523. The Morgan fingerprint density at radius 1 is 1.32 bits per heavy atom. The van der Waals surface area contributed by atoms with Gasteiger partial charge in [0, 0.05) is 11.9 Å². The topological polar surface area (TPSA) is 64.1 Å². The van der Waals surface area contributed by atoms with Crippen LogP contribution < -0.4 is 5.32 Å². The van der Waals surface area contributed by atoms with Crippen LogP contribution in [0.4, 0.5) is 0 Å². The number of nitrogens with one attached hydrogen (secondary N) is 1. The Morgan fingerprint density at radius 3 is 3.11 bits per heavy atom. The van der Waals surface area contributed by atoms with Gasteiger partial charge in [-0.3, -0.25) is 0 Å². The van der Waals surface area contributed by atoms with Gasteiger partial charge in [0.25, 0.3) is 0 Å². The third kappa shape index (κ3) is 2.28. The first-order chi connectivity index (χ1) is 9.38. The molecule has 5 heteroatoms. The molecule has 1 N–H and O–H groups in total. The maximum Gasteiger partial charge on any atom is 0.240 e. The normalized spacial score (nSPS) is 10.9. The molecule has 0 aliphatic heterocycles. The molecule has 3 aromatic rings. The summed E-state index contributed by atoms with van der Waals surface area (Å²) in [5, 5.41) is 8.07. The van der Waals surface area contributed by atoms with Gasteiger partial charge in [0.2, 0.25) is 11.7 Å². The molecule has 2 aromatic heterocycles. The lowest BCUT2D eigenvalue weighted by atomic mass is 10.2. The van der Waals surface area contributed by atoms with E-state index in [0.717, 1.165) is 16.5 Å². The second-order valence-corrected chi connectivity index (χ2v) is 4.08. The fraction of sp³-hybridized carbons (Fsp3) is 0.143. The minimum absolute atomic E-state index is 0.523. The Kier molecular flexibility index (Phi) is 3.12. The predicted molar refractivity (Wildman–Crippen MR) is 71.4 cm³/mol. The first-order valence-corrected chi connectivity index (χ1v) is 5.99. The molecule has 96 valence electrons. The second-order valence-electron chi connectivity index (χ2n) is 4.08. The van der Waals surface area contributed by atoms with Crippen molar-refractivity contribution in [3.63, 3.8) is 0 Å². The van der Waals surface area contributed by atoms with Crippen LogP contribution in [-0.4, -0.2) is 16.7 Å². The van der Waals surface area contributed by atoms with E-state index in [-0.39, 0.29) is 0 Å². The first kappa shape index (κ1) is 11.7. The minimum Gasteiger partial charge on any atom is -0.464 e. The van der Waals surface area contributed by atoms with Crippen LogP contribution in [0.15, 0.2) is 52.1 Å². The predicted octanol–water partition coefficient (Wildman–Crippen LogP) is 2.76. The average Bonchev–Trinajstić information content (AvgIpc) is 3.05. The van der Waals surface area contributed by atoms with Gasteiger partial charge in [-0.2, -0.15) is 4.98 Å². The van der Waals surface area contributed by atoms with Crippen LogP contribution in [-0.2, 0) is 6.54 Å². The van der Waals surface area contributed by atoms with E-state index in [4.69, 9.17) is 8.94 Å². The smallest absolute Gasteiger partial charge is 0.240 e. The van der Waals surface area contributed by atoms with Gasteiger partial charge in [-0.25, -0.2) is 0 Å². The zero-order valence-electron chi connectivity index (χ0n) is 10.3. The molecule has 0 aliphatic carbocycles. The molecular formula is C14H13N3O2. The number of benzene rings is 1. The summed E-state index contributed by atoms with van der Waals surface area (Å²) in [5.74, 6) is 1.09. The molecule has 1 aromatic carbocycles. The van der Waals surface area contributed by atoms with E-state index < -0.39 is 0 Å². The zero-order valence-corrected chi connectivity index (χ0v) is 10.3. The van der Waals surface area contributed by atoms with E-state index >= 15 is 0 Å². The van der Waals surface area contributed by atoms with Crippen molar-refractivity contribution in [3.05, 3.63) is 49.1 Å².